The van der Waals surface area contributed by atoms with Crippen LogP contribution in [0.25, 0.3) is 0 Å². The van der Waals surface area contributed by atoms with E-state index in [0.29, 0.717) is 32.5 Å². The Kier molecular flexibility index (Phi) is 6.06. The first-order chi connectivity index (χ1) is 12.2. The third-order valence-corrected chi connectivity index (χ3v) is 4.37. The summed E-state index contributed by atoms with van der Waals surface area (Å²) in [6, 6.07) is 8.31. The predicted octanol–water partition coefficient (Wildman–Crippen LogP) is 2.41. The third kappa shape index (κ3) is 5.32. The summed E-state index contributed by atoms with van der Waals surface area (Å²) >= 11 is 0. The fourth-order valence-electron chi connectivity index (χ4n) is 3.00. The zero-order valence-electron chi connectivity index (χ0n) is 14.1. The molecule has 0 unspecified atom stereocenters. The van der Waals surface area contributed by atoms with E-state index in [1.165, 1.54) is 12.1 Å². The van der Waals surface area contributed by atoms with Crippen LogP contribution in [0, 0.1) is 5.82 Å². The fraction of sp³-hybridized carbons (Fsp3) is 0.421. The number of ether oxygens (including phenoxy) is 1. The Labute approximate surface area is 146 Å². The van der Waals surface area contributed by atoms with E-state index in [-0.39, 0.29) is 17.8 Å². The van der Waals surface area contributed by atoms with Crippen LogP contribution < -0.4 is 0 Å². The van der Waals surface area contributed by atoms with Gasteiger partial charge in [0.1, 0.15) is 12.1 Å². The first-order valence-corrected chi connectivity index (χ1v) is 8.59. The Balaban J connectivity index is 1.46. The van der Waals surface area contributed by atoms with Crippen molar-refractivity contribution in [3.8, 4) is 0 Å². The van der Waals surface area contributed by atoms with Crippen LogP contribution in [0.3, 0.4) is 0 Å². The normalized spacial score (nSPS) is 17.5. The number of aromatic nitrogens is 2. The number of rotatable bonds is 6. The van der Waals surface area contributed by atoms with Crippen molar-refractivity contribution >= 4 is 5.91 Å². The van der Waals surface area contributed by atoms with E-state index in [9.17, 15) is 9.18 Å². The number of aryl methyl sites for hydroxylation is 2. The summed E-state index contributed by atoms with van der Waals surface area (Å²) in [5.74, 6) is -0.166. The maximum Gasteiger partial charge on any atom is 0.223 e. The first-order valence-electron chi connectivity index (χ1n) is 8.59. The second kappa shape index (κ2) is 8.67. The number of carbonyl (C=O) groups is 1. The highest BCUT2D eigenvalue weighted by Gasteiger charge is 2.23. The Morgan fingerprint density at radius 3 is 3.04 bits per heavy atom. The molecule has 2 heterocycles. The molecule has 6 heteroatoms. The molecule has 25 heavy (non-hydrogen) atoms. The molecule has 1 amide bonds. The summed E-state index contributed by atoms with van der Waals surface area (Å²) in [6.07, 6.45) is 5.87. The van der Waals surface area contributed by atoms with Gasteiger partial charge in [-0.25, -0.2) is 14.4 Å². The van der Waals surface area contributed by atoms with Gasteiger partial charge < -0.3 is 9.64 Å². The SMILES string of the molecule is O=C(CCc1cccc(F)c1)N1CCO[C@@H](CCc2ccncn2)C1. The summed E-state index contributed by atoms with van der Waals surface area (Å²) in [5.41, 5.74) is 1.83. The van der Waals surface area contributed by atoms with Gasteiger partial charge in [0.2, 0.25) is 5.91 Å². The lowest BCUT2D eigenvalue weighted by atomic mass is 10.1. The van der Waals surface area contributed by atoms with Crippen LogP contribution in [-0.2, 0) is 22.4 Å². The molecule has 0 bridgehead atoms. The molecule has 1 fully saturated rings. The fourth-order valence-corrected chi connectivity index (χ4v) is 3.00. The number of amides is 1. The van der Waals surface area contributed by atoms with Crippen molar-refractivity contribution < 1.29 is 13.9 Å². The molecular formula is C19H22FN3O2. The van der Waals surface area contributed by atoms with Gasteiger partial charge in [-0.05, 0) is 43.0 Å². The van der Waals surface area contributed by atoms with Crippen LogP contribution in [0.15, 0.2) is 42.9 Å². The molecule has 1 aliphatic heterocycles. The van der Waals surface area contributed by atoms with Crippen LogP contribution in [0.1, 0.15) is 24.1 Å². The van der Waals surface area contributed by atoms with Crippen LogP contribution in [-0.4, -0.2) is 46.6 Å². The lowest BCUT2D eigenvalue weighted by Gasteiger charge is -2.33. The standard InChI is InChI=1S/C19H22FN3O2/c20-16-3-1-2-15(12-16)4-7-19(24)23-10-11-25-18(13-23)6-5-17-8-9-21-14-22-17/h1-3,8-9,12,14,18H,4-7,10-11,13H2/t18-/m0/s1. The number of morpholine rings is 1. The molecule has 0 aliphatic carbocycles. The van der Waals surface area contributed by atoms with Gasteiger partial charge in [0, 0.05) is 31.4 Å². The van der Waals surface area contributed by atoms with Crippen molar-refractivity contribution in [1.82, 2.24) is 14.9 Å². The van der Waals surface area contributed by atoms with Crippen molar-refractivity contribution in [2.75, 3.05) is 19.7 Å². The Hall–Kier alpha value is -2.34. The van der Waals surface area contributed by atoms with Crippen molar-refractivity contribution in [2.24, 2.45) is 0 Å². The average molecular weight is 343 g/mol. The number of carbonyl (C=O) groups excluding carboxylic acids is 1. The van der Waals surface area contributed by atoms with E-state index >= 15 is 0 Å². The highest BCUT2D eigenvalue weighted by molar-refractivity contribution is 5.76. The van der Waals surface area contributed by atoms with Crippen LogP contribution in [0.2, 0.25) is 0 Å². The predicted molar refractivity (Wildman–Crippen MR) is 91.4 cm³/mol. The number of benzene rings is 1. The summed E-state index contributed by atoms with van der Waals surface area (Å²) < 4.78 is 19.0. The summed E-state index contributed by atoms with van der Waals surface area (Å²) in [6.45, 7) is 1.78. The monoisotopic (exact) mass is 343 g/mol. The van der Waals surface area contributed by atoms with Gasteiger partial charge in [-0.3, -0.25) is 4.79 Å². The molecule has 0 saturated carbocycles. The van der Waals surface area contributed by atoms with Gasteiger partial charge in [-0.2, -0.15) is 0 Å². The minimum absolute atomic E-state index is 0.0295. The highest BCUT2D eigenvalue weighted by Crippen LogP contribution is 2.14. The Morgan fingerprint density at radius 2 is 2.24 bits per heavy atom. The van der Waals surface area contributed by atoms with E-state index in [1.807, 2.05) is 17.0 Å². The second-order valence-electron chi connectivity index (χ2n) is 6.20. The lowest BCUT2D eigenvalue weighted by molar-refractivity contribution is -0.138. The number of halogens is 1. The molecule has 3 rings (SSSR count). The third-order valence-electron chi connectivity index (χ3n) is 4.37. The van der Waals surface area contributed by atoms with E-state index in [1.54, 1.807) is 18.6 Å². The minimum Gasteiger partial charge on any atom is -0.375 e. The highest BCUT2D eigenvalue weighted by atomic mass is 19.1. The van der Waals surface area contributed by atoms with Crippen LogP contribution in [0.5, 0.6) is 0 Å². The maximum atomic E-state index is 13.2. The molecule has 5 nitrogen and oxygen atoms in total. The van der Waals surface area contributed by atoms with E-state index in [0.717, 1.165) is 24.1 Å². The molecular weight excluding hydrogens is 321 g/mol. The first kappa shape index (κ1) is 17.5. The molecule has 1 aliphatic rings. The van der Waals surface area contributed by atoms with Crippen molar-refractivity contribution in [2.45, 2.75) is 31.8 Å². The van der Waals surface area contributed by atoms with E-state index in [4.69, 9.17) is 4.74 Å². The van der Waals surface area contributed by atoms with Gasteiger partial charge in [-0.1, -0.05) is 12.1 Å². The molecule has 1 aromatic carbocycles. The van der Waals surface area contributed by atoms with Gasteiger partial charge in [-0.15, -0.1) is 0 Å². The Morgan fingerprint density at radius 1 is 1.32 bits per heavy atom. The van der Waals surface area contributed by atoms with Gasteiger partial charge in [0.25, 0.3) is 0 Å². The molecule has 0 N–H and O–H groups in total. The molecule has 1 aromatic heterocycles. The zero-order chi connectivity index (χ0) is 17.5. The Bertz CT molecular complexity index is 696. The molecule has 132 valence electrons. The zero-order valence-corrected chi connectivity index (χ0v) is 14.1. The van der Waals surface area contributed by atoms with Gasteiger partial charge in [0.05, 0.1) is 12.7 Å². The maximum absolute atomic E-state index is 13.2. The van der Waals surface area contributed by atoms with Crippen LogP contribution in [0.4, 0.5) is 4.39 Å². The summed E-state index contributed by atoms with van der Waals surface area (Å²) in [7, 11) is 0. The minimum atomic E-state index is -0.263. The summed E-state index contributed by atoms with van der Waals surface area (Å²) in [4.78, 5) is 22.4. The largest absolute Gasteiger partial charge is 0.375 e. The van der Waals surface area contributed by atoms with E-state index < -0.39 is 0 Å². The van der Waals surface area contributed by atoms with Crippen molar-refractivity contribution in [3.05, 3.63) is 59.9 Å². The topological polar surface area (TPSA) is 55.3 Å². The number of hydrogen-bond acceptors (Lipinski definition) is 4. The molecule has 0 spiro atoms. The molecule has 2 aromatic rings. The van der Waals surface area contributed by atoms with Crippen molar-refractivity contribution in [3.63, 3.8) is 0 Å². The summed E-state index contributed by atoms with van der Waals surface area (Å²) in [5, 5.41) is 0. The van der Waals surface area contributed by atoms with Crippen molar-refractivity contribution in [1.29, 1.82) is 0 Å². The number of hydrogen-bond donors (Lipinski definition) is 0. The van der Waals surface area contributed by atoms with E-state index in [2.05, 4.69) is 9.97 Å². The molecule has 0 radical (unpaired) electrons. The average Bonchev–Trinajstić information content (AvgIpc) is 2.65. The number of nitrogens with zero attached hydrogens (tertiary/aromatic N) is 3. The quantitative estimate of drug-likeness (QED) is 0.808. The van der Waals surface area contributed by atoms with Gasteiger partial charge in [0.15, 0.2) is 0 Å². The van der Waals surface area contributed by atoms with Gasteiger partial charge >= 0.3 is 0 Å². The lowest BCUT2D eigenvalue weighted by Crippen LogP contribution is -2.45. The second-order valence-corrected chi connectivity index (χ2v) is 6.20. The van der Waals surface area contributed by atoms with Crippen LogP contribution >= 0.6 is 0 Å². The molecule has 1 atom stereocenters. The molecule has 1 saturated heterocycles. The smallest absolute Gasteiger partial charge is 0.223 e.